The standard InChI is InChI=1S/C23H31N3O/c1-4-27-16-18-6-5-7-21-22(18)23(2,3)19-14-17(8-9-20(19)25-21)15-26-12-10-24-11-13-26/h5-9,14,24-25H,4,10-13,15-16H2,1-3H3. The van der Waals surface area contributed by atoms with Crippen LogP contribution in [-0.4, -0.2) is 37.7 Å². The molecule has 0 radical (unpaired) electrons. The second-order valence-corrected chi connectivity index (χ2v) is 8.13. The van der Waals surface area contributed by atoms with E-state index in [9.17, 15) is 0 Å². The molecule has 0 unspecified atom stereocenters. The third kappa shape index (κ3) is 3.62. The molecule has 0 amide bonds. The third-order valence-corrected chi connectivity index (χ3v) is 5.88. The van der Waals surface area contributed by atoms with Gasteiger partial charge in [-0.25, -0.2) is 0 Å². The molecule has 0 bridgehead atoms. The number of ether oxygens (including phenoxy) is 1. The lowest BCUT2D eigenvalue weighted by Gasteiger charge is -2.38. The summed E-state index contributed by atoms with van der Waals surface area (Å²) in [5.41, 5.74) is 7.81. The minimum atomic E-state index is -0.0525. The van der Waals surface area contributed by atoms with Crippen molar-refractivity contribution in [2.45, 2.75) is 39.3 Å². The highest BCUT2D eigenvalue weighted by molar-refractivity contribution is 5.77. The number of benzene rings is 2. The molecular formula is C23H31N3O. The molecule has 2 aliphatic heterocycles. The molecule has 4 heteroatoms. The summed E-state index contributed by atoms with van der Waals surface area (Å²) in [5, 5.41) is 7.10. The topological polar surface area (TPSA) is 36.5 Å². The van der Waals surface area contributed by atoms with E-state index in [2.05, 4.69) is 72.7 Å². The molecule has 2 aliphatic rings. The van der Waals surface area contributed by atoms with E-state index < -0.39 is 0 Å². The average Bonchev–Trinajstić information content (AvgIpc) is 2.67. The first-order valence-corrected chi connectivity index (χ1v) is 10.1. The largest absolute Gasteiger partial charge is 0.377 e. The first-order chi connectivity index (χ1) is 13.1. The summed E-state index contributed by atoms with van der Waals surface area (Å²) in [7, 11) is 0. The van der Waals surface area contributed by atoms with Gasteiger partial charge < -0.3 is 15.4 Å². The maximum absolute atomic E-state index is 5.75. The summed E-state index contributed by atoms with van der Waals surface area (Å²) < 4.78 is 5.75. The zero-order valence-electron chi connectivity index (χ0n) is 16.8. The van der Waals surface area contributed by atoms with Crippen molar-refractivity contribution in [3.63, 3.8) is 0 Å². The summed E-state index contributed by atoms with van der Waals surface area (Å²) in [6.45, 7) is 13.6. The normalized spacial score (nSPS) is 18.5. The van der Waals surface area contributed by atoms with E-state index in [1.165, 1.54) is 33.6 Å². The van der Waals surface area contributed by atoms with Gasteiger partial charge in [-0.05, 0) is 41.3 Å². The van der Waals surface area contributed by atoms with Gasteiger partial charge in [-0.3, -0.25) is 4.90 Å². The minimum absolute atomic E-state index is 0.0525. The Hall–Kier alpha value is -1.88. The lowest BCUT2D eigenvalue weighted by molar-refractivity contribution is 0.133. The van der Waals surface area contributed by atoms with Gasteiger partial charge in [0.2, 0.25) is 0 Å². The van der Waals surface area contributed by atoms with Crippen molar-refractivity contribution < 1.29 is 4.74 Å². The summed E-state index contributed by atoms with van der Waals surface area (Å²) in [6, 6.07) is 13.5. The van der Waals surface area contributed by atoms with Crippen molar-refractivity contribution in [2.24, 2.45) is 0 Å². The van der Waals surface area contributed by atoms with Crippen LogP contribution < -0.4 is 10.6 Å². The van der Waals surface area contributed by atoms with Gasteiger partial charge in [0.05, 0.1) is 6.61 Å². The molecule has 0 saturated carbocycles. The molecule has 2 aromatic rings. The molecule has 1 saturated heterocycles. The Kier molecular flexibility index (Phi) is 5.22. The first-order valence-electron chi connectivity index (χ1n) is 10.1. The van der Waals surface area contributed by atoms with Crippen LogP contribution in [0.2, 0.25) is 0 Å². The predicted octanol–water partition coefficient (Wildman–Crippen LogP) is 4.01. The van der Waals surface area contributed by atoms with Crippen molar-refractivity contribution >= 4 is 11.4 Å². The highest BCUT2D eigenvalue weighted by Gasteiger charge is 2.34. The van der Waals surface area contributed by atoms with E-state index in [1.807, 2.05) is 0 Å². The van der Waals surface area contributed by atoms with Gasteiger partial charge in [-0.2, -0.15) is 0 Å². The highest BCUT2D eigenvalue weighted by atomic mass is 16.5. The molecule has 144 valence electrons. The van der Waals surface area contributed by atoms with Crippen LogP contribution in [0.1, 0.15) is 43.0 Å². The lowest BCUT2D eigenvalue weighted by atomic mass is 9.72. The van der Waals surface area contributed by atoms with Crippen LogP contribution in [0.15, 0.2) is 36.4 Å². The second-order valence-electron chi connectivity index (χ2n) is 8.13. The lowest BCUT2D eigenvalue weighted by Crippen LogP contribution is -2.42. The molecule has 4 rings (SSSR count). The van der Waals surface area contributed by atoms with Crippen LogP contribution in [-0.2, 0) is 23.3 Å². The van der Waals surface area contributed by atoms with Gasteiger partial charge in [0.1, 0.15) is 0 Å². The van der Waals surface area contributed by atoms with Gasteiger partial charge in [0.15, 0.2) is 0 Å². The Bertz CT molecular complexity index is 809. The smallest absolute Gasteiger partial charge is 0.0720 e. The van der Waals surface area contributed by atoms with Crippen LogP contribution in [0.5, 0.6) is 0 Å². The Labute approximate surface area is 162 Å². The quantitative estimate of drug-likeness (QED) is 0.839. The van der Waals surface area contributed by atoms with Gasteiger partial charge >= 0.3 is 0 Å². The predicted molar refractivity (Wildman–Crippen MR) is 112 cm³/mol. The fourth-order valence-corrected chi connectivity index (χ4v) is 4.50. The van der Waals surface area contributed by atoms with Gasteiger partial charge in [0, 0.05) is 56.1 Å². The molecule has 0 atom stereocenters. The summed E-state index contributed by atoms with van der Waals surface area (Å²) in [5.74, 6) is 0. The Morgan fingerprint density at radius 1 is 1.07 bits per heavy atom. The fraction of sp³-hybridized carbons (Fsp3) is 0.478. The van der Waals surface area contributed by atoms with Crippen LogP contribution in [0.3, 0.4) is 0 Å². The molecule has 2 heterocycles. The molecular weight excluding hydrogens is 334 g/mol. The van der Waals surface area contributed by atoms with E-state index >= 15 is 0 Å². The molecule has 4 nitrogen and oxygen atoms in total. The first kappa shape index (κ1) is 18.5. The molecule has 0 aliphatic carbocycles. The Morgan fingerprint density at radius 3 is 2.67 bits per heavy atom. The monoisotopic (exact) mass is 365 g/mol. The second kappa shape index (κ2) is 7.63. The minimum Gasteiger partial charge on any atom is -0.377 e. The van der Waals surface area contributed by atoms with Crippen LogP contribution >= 0.6 is 0 Å². The fourth-order valence-electron chi connectivity index (χ4n) is 4.50. The summed E-state index contributed by atoms with van der Waals surface area (Å²) in [6.07, 6.45) is 0. The number of hydrogen-bond donors (Lipinski definition) is 2. The number of nitrogens with one attached hydrogen (secondary N) is 2. The maximum Gasteiger partial charge on any atom is 0.0720 e. The van der Waals surface area contributed by atoms with E-state index in [1.54, 1.807) is 0 Å². The summed E-state index contributed by atoms with van der Waals surface area (Å²) >= 11 is 0. The molecule has 27 heavy (non-hydrogen) atoms. The molecule has 2 N–H and O–H groups in total. The average molecular weight is 366 g/mol. The van der Waals surface area contributed by atoms with Crippen LogP contribution in [0.4, 0.5) is 11.4 Å². The number of rotatable bonds is 5. The van der Waals surface area contributed by atoms with Gasteiger partial charge in [-0.15, -0.1) is 0 Å². The zero-order chi connectivity index (χ0) is 18.9. The highest BCUT2D eigenvalue weighted by Crippen LogP contribution is 2.47. The molecule has 1 fully saturated rings. The number of hydrogen-bond acceptors (Lipinski definition) is 4. The van der Waals surface area contributed by atoms with E-state index in [0.717, 1.165) is 39.3 Å². The van der Waals surface area contributed by atoms with Crippen molar-refractivity contribution in [1.29, 1.82) is 0 Å². The van der Waals surface area contributed by atoms with Crippen molar-refractivity contribution in [2.75, 3.05) is 38.1 Å². The molecule has 0 aromatic heterocycles. The third-order valence-electron chi connectivity index (χ3n) is 5.88. The Morgan fingerprint density at radius 2 is 1.89 bits per heavy atom. The van der Waals surface area contributed by atoms with Crippen molar-refractivity contribution in [3.05, 3.63) is 58.7 Å². The SMILES string of the molecule is CCOCc1cccc2c1C(C)(C)c1cc(CN3CCNCC3)ccc1N2. The molecule has 0 spiro atoms. The van der Waals surface area contributed by atoms with Crippen molar-refractivity contribution in [3.8, 4) is 0 Å². The van der Waals surface area contributed by atoms with Crippen LogP contribution in [0.25, 0.3) is 0 Å². The van der Waals surface area contributed by atoms with E-state index in [-0.39, 0.29) is 5.41 Å². The van der Waals surface area contributed by atoms with Gasteiger partial charge in [0.25, 0.3) is 0 Å². The van der Waals surface area contributed by atoms with E-state index in [0.29, 0.717) is 6.61 Å². The number of nitrogens with zero attached hydrogens (tertiary/aromatic N) is 1. The number of piperazine rings is 1. The maximum atomic E-state index is 5.75. The molecule has 2 aromatic carbocycles. The van der Waals surface area contributed by atoms with E-state index in [4.69, 9.17) is 4.74 Å². The zero-order valence-corrected chi connectivity index (χ0v) is 16.8. The number of fused-ring (bicyclic) bond motifs is 2. The van der Waals surface area contributed by atoms with Crippen molar-refractivity contribution in [1.82, 2.24) is 10.2 Å². The Balaban J connectivity index is 1.67. The van der Waals surface area contributed by atoms with Crippen LogP contribution in [0, 0.1) is 0 Å². The summed E-state index contributed by atoms with van der Waals surface area (Å²) in [4.78, 5) is 2.54. The number of anilines is 2. The van der Waals surface area contributed by atoms with Gasteiger partial charge in [-0.1, -0.05) is 38.1 Å².